The van der Waals surface area contributed by atoms with Crippen LogP contribution in [0.25, 0.3) is 6.08 Å². The van der Waals surface area contributed by atoms with Crippen LogP contribution in [-0.2, 0) is 16.1 Å². The molecular weight excluding hydrogens is 663 g/mol. The first kappa shape index (κ1) is 32.2. The largest absolute Gasteiger partial charge is 0.493 e. The molecule has 11 heteroatoms. The number of methoxy groups -OCH3 is 1. The monoisotopic (exact) mass is 694 g/mol. The first-order chi connectivity index (χ1) is 21.6. The van der Waals surface area contributed by atoms with E-state index in [-0.39, 0.29) is 36.3 Å². The van der Waals surface area contributed by atoms with Crippen molar-refractivity contribution in [3.8, 4) is 17.2 Å². The van der Waals surface area contributed by atoms with Crippen LogP contribution in [0.4, 0.5) is 4.39 Å². The Labute approximate surface area is 272 Å². The van der Waals surface area contributed by atoms with Crippen molar-refractivity contribution in [3.05, 3.63) is 119 Å². The van der Waals surface area contributed by atoms with Gasteiger partial charge in [0, 0.05) is 11.1 Å². The molecule has 1 aliphatic rings. The number of hydrogen-bond acceptors (Lipinski definition) is 8. The standard InChI is InChI=1S/C34H32BrFN2O6S/c1-6-42-33(40)29-20(4)37-34-38(30(29)23-12-8-10-14-26(23)44-19(2)3)32(39)28(45-34)17-21-15-24(35)31(27(16-21)41-5)43-18-22-11-7-9-13-25(22)36/h7-17,19,30H,6,18H2,1-5H3/b28-17+/t30-/m0/s1. The summed E-state index contributed by atoms with van der Waals surface area (Å²) in [5.41, 5.74) is 2.12. The zero-order chi connectivity index (χ0) is 32.2. The van der Waals surface area contributed by atoms with Crippen LogP contribution in [0.2, 0.25) is 0 Å². The Balaban J connectivity index is 1.61. The van der Waals surface area contributed by atoms with E-state index in [0.29, 0.717) is 53.4 Å². The van der Waals surface area contributed by atoms with Crippen LogP contribution in [0.3, 0.4) is 0 Å². The molecule has 2 heterocycles. The SMILES string of the molecule is CCOC(=O)C1=C(C)N=c2s/c(=C/c3cc(Br)c(OCc4ccccc4F)c(OC)c3)c(=O)n2[C@H]1c1ccccc1OC(C)C. The minimum Gasteiger partial charge on any atom is -0.493 e. The molecule has 4 aromatic rings. The lowest BCUT2D eigenvalue weighted by molar-refractivity contribution is -0.139. The summed E-state index contributed by atoms with van der Waals surface area (Å²) in [5.74, 6) is 0.450. The zero-order valence-corrected chi connectivity index (χ0v) is 27.8. The first-order valence-corrected chi connectivity index (χ1v) is 15.9. The van der Waals surface area contributed by atoms with Crippen LogP contribution >= 0.6 is 27.3 Å². The molecule has 1 atom stereocenters. The normalized spacial score (nSPS) is 14.7. The number of benzene rings is 3. The number of carbonyl (C=O) groups excluding carboxylic acids is 1. The number of ether oxygens (including phenoxy) is 4. The molecule has 0 saturated heterocycles. The van der Waals surface area contributed by atoms with Gasteiger partial charge in [-0.25, -0.2) is 14.2 Å². The average molecular weight is 696 g/mol. The average Bonchev–Trinajstić information content (AvgIpc) is 3.30. The van der Waals surface area contributed by atoms with Gasteiger partial charge in [-0.3, -0.25) is 9.36 Å². The minimum atomic E-state index is -0.812. The molecule has 45 heavy (non-hydrogen) atoms. The van der Waals surface area contributed by atoms with Crippen molar-refractivity contribution in [2.75, 3.05) is 13.7 Å². The Morgan fingerprint density at radius 2 is 1.87 bits per heavy atom. The van der Waals surface area contributed by atoms with E-state index in [2.05, 4.69) is 20.9 Å². The molecule has 1 aromatic heterocycles. The molecule has 234 valence electrons. The fourth-order valence-corrected chi connectivity index (χ4v) is 6.65. The smallest absolute Gasteiger partial charge is 0.338 e. The molecule has 1 aliphatic heterocycles. The van der Waals surface area contributed by atoms with E-state index in [1.807, 2.05) is 38.1 Å². The lowest BCUT2D eigenvalue weighted by Gasteiger charge is -2.26. The van der Waals surface area contributed by atoms with Crippen molar-refractivity contribution in [2.45, 2.75) is 46.4 Å². The van der Waals surface area contributed by atoms with Crippen LogP contribution in [0, 0.1) is 5.82 Å². The topological polar surface area (TPSA) is 88.4 Å². The van der Waals surface area contributed by atoms with Gasteiger partial charge in [0.1, 0.15) is 24.2 Å². The highest BCUT2D eigenvalue weighted by atomic mass is 79.9. The van der Waals surface area contributed by atoms with Crippen molar-refractivity contribution in [3.63, 3.8) is 0 Å². The number of nitrogens with zero attached hydrogens (tertiary/aromatic N) is 2. The Morgan fingerprint density at radius 1 is 1.13 bits per heavy atom. The van der Waals surface area contributed by atoms with Crippen LogP contribution in [0.1, 0.15) is 50.4 Å². The summed E-state index contributed by atoms with van der Waals surface area (Å²) in [6, 6.07) is 16.5. The molecule has 5 rings (SSSR count). The Hall–Kier alpha value is -4.22. The number of rotatable bonds is 10. The van der Waals surface area contributed by atoms with Crippen LogP contribution in [0.5, 0.6) is 17.2 Å². The number of halogens is 2. The van der Waals surface area contributed by atoms with Crippen LogP contribution in [0.15, 0.2) is 86.2 Å². The van der Waals surface area contributed by atoms with E-state index >= 15 is 0 Å². The van der Waals surface area contributed by atoms with E-state index in [1.54, 1.807) is 50.3 Å². The van der Waals surface area contributed by atoms with E-state index in [4.69, 9.17) is 18.9 Å². The van der Waals surface area contributed by atoms with Crippen molar-refractivity contribution in [1.82, 2.24) is 4.57 Å². The maximum absolute atomic E-state index is 14.2. The van der Waals surface area contributed by atoms with Crippen molar-refractivity contribution in [2.24, 2.45) is 4.99 Å². The summed E-state index contributed by atoms with van der Waals surface area (Å²) in [6.07, 6.45) is 1.60. The number of allylic oxidation sites excluding steroid dienone is 1. The van der Waals surface area contributed by atoms with Gasteiger partial charge in [0.25, 0.3) is 5.56 Å². The molecule has 3 aromatic carbocycles. The zero-order valence-electron chi connectivity index (χ0n) is 25.4. The van der Waals surface area contributed by atoms with Gasteiger partial charge in [-0.2, -0.15) is 0 Å². The predicted octanol–water partition coefficient (Wildman–Crippen LogP) is 6.07. The summed E-state index contributed by atoms with van der Waals surface area (Å²) < 4.78 is 39.7. The highest BCUT2D eigenvalue weighted by molar-refractivity contribution is 9.10. The van der Waals surface area contributed by atoms with Gasteiger partial charge in [0.2, 0.25) is 0 Å². The fraction of sp³-hybridized carbons (Fsp3) is 0.265. The molecule has 0 amide bonds. The first-order valence-electron chi connectivity index (χ1n) is 14.3. The summed E-state index contributed by atoms with van der Waals surface area (Å²) in [7, 11) is 1.51. The third-order valence-corrected chi connectivity index (χ3v) is 8.54. The Bertz CT molecular complexity index is 1970. The molecule has 0 unspecified atom stereocenters. The van der Waals surface area contributed by atoms with Gasteiger partial charge in [0.05, 0.1) is 40.1 Å². The van der Waals surface area contributed by atoms with Crippen LogP contribution in [-0.4, -0.2) is 30.4 Å². The molecule has 0 N–H and O–H groups in total. The van der Waals surface area contributed by atoms with Crippen LogP contribution < -0.4 is 29.1 Å². The maximum Gasteiger partial charge on any atom is 0.338 e. The molecule has 0 spiro atoms. The lowest BCUT2D eigenvalue weighted by atomic mass is 9.95. The second-order valence-electron chi connectivity index (χ2n) is 10.4. The highest BCUT2D eigenvalue weighted by Crippen LogP contribution is 2.38. The number of para-hydroxylation sites is 1. The lowest BCUT2D eigenvalue weighted by Crippen LogP contribution is -2.40. The van der Waals surface area contributed by atoms with Crippen molar-refractivity contribution >= 4 is 39.3 Å². The second kappa shape index (κ2) is 13.8. The molecule has 0 radical (unpaired) electrons. The second-order valence-corrected chi connectivity index (χ2v) is 12.3. The number of thiazole rings is 1. The Morgan fingerprint density at radius 3 is 2.58 bits per heavy atom. The van der Waals surface area contributed by atoms with E-state index < -0.39 is 12.0 Å². The van der Waals surface area contributed by atoms with E-state index in [0.717, 1.165) is 0 Å². The van der Waals surface area contributed by atoms with Gasteiger partial charge < -0.3 is 18.9 Å². The molecule has 8 nitrogen and oxygen atoms in total. The van der Waals surface area contributed by atoms with Gasteiger partial charge in [-0.05, 0) is 79.5 Å². The minimum absolute atomic E-state index is 0.00370. The quantitative estimate of drug-likeness (QED) is 0.187. The number of esters is 1. The van der Waals surface area contributed by atoms with Crippen molar-refractivity contribution in [1.29, 1.82) is 0 Å². The summed E-state index contributed by atoms with van der Waals surface area (Å²) in [6.45, 7) is 7.48. The third-order valence-electron chi connectivity index (χ3n) is 6.97. The summed E-state index contributed by atoms with van der Waals surface area (Å²) >= 11 is 4.76. The highest BCUT2D eigenvalue weighted by Gasteiger charge is 2.35. The van der Waals surface area contributed by atoms with Gasteiger partial charge in [-0.1, -0.05) is 47.7 Å². The molecular formula is C34H32BrFN2O6S. The number of hydrogen-bond donors (Lipinski definition) is 0. The predicted molar refractivity (Wildman–Crippen MR) is 174 cm³/mol. The Kier molecular flexibility index (Phi) is 9.89. The molecule has 0 saturated carbocycles. The van der Waals surface area contributed by atoms with Gasteiger partial charge >= 0.3 is 5.97 Å². The summed E-state index contributed by atoms with van der Waals surface area (Å²) in [5, 5.41) is 0. The molecule has 0 aliphatic carbocycles. The van der Waals surface area contributed by atoms with Crippen molar-refractivity contribution < 1.29 is 28.1 Å². The molecule has 0 bridgehead atoms. The van der Waals surface area contributed by atoms with Gasteiger partial charge in [-0.15, -0.1) is 0 Å². The number of aromatic nitrogens is 1. The molecule has 0 fully saturated rings. The van der Waals surface area contributed by atoms with Gasteiger partial charge in [0.15, 0.2) is 16.3 Å². The number of carbonyl (C=O) groups is 1. The van der Waals surface area contributed by atoms with E-state index in [1.165, 1.54) is 29.1 Å². The maximum atomic E-state index is 14.2. The fourth-order valence-electron chi connectivity index (χ4n) is 5.03. The third kappa shape index (κ3) is 6.74. The van der Waals surface area contributed by atoms with E-state index in [9.17, 15) is 14.0 Å². The summed E-state index contributed by atoms with van der Waals surface area (Å²) in [4.78, 5) is 32.5. The number of fused-ring (bicyclic) bond motifs is 1.